The summed E-state index contributed by atoms with van der Waals surface area (Å²) in [6.45, 7) is 4.78. The van der Waals surface area contributed by atoms with Crippen molar-refractivity contribution < 1.29 is 4.79 Å². The monoisotopic (exact) mass is 571 g/mol. The molecule has 11 heteroatoms. The third-order valence-electron chi connectivity index (χ3n) is 4.80. The van der Waals surface area contributed by atoms with Gasteiger partial charge >= 0.3 is 0 Å². The number of aryl methyl sites for hydroxylation is 1. The summed E-state index contributed by atoms with van der Waals surface area (Å²) in [6.07, 6.45) is 1.78. The van der Waals surface area contributed by atoms with Gasteiger partial charge < -0.3 is 5.32 Å². The molecule has 1 amide bonds. The Morgan fingerprint density at radius 1 is 1.16 bits per heavy atom. The molecule has 32 heavy (non-hydrogen) atoms. The van der Waals surface area contributed by atoms with Crippen LogP contribution in [-0.4, -0.2) is 25.5 Å². The smallest absolute Gasteiger partial charge is 0.266 e. The lowest BCUT2D eigenvalue weighted by molar-refractivity contribution is 0.103. The number of benzene rings is 1. The van der Waals surface area contributed by atoms with Gasteiger partial charge in [-0.3, -0.25) is 14.2 Å². The normalized spacial score (nSPS) is 11.2. The highest BCUT2D eigenvalue weighted by Crippen LogP contribution is 2.26. The Kier molecular flexibility index (Phi) is 6.97. The van der Waals surface area contributed by atoms with Crippen LogP contribution >= 0.6 is 62.1 Å². The molecule has 0 aliphatic carbocycles. The molecule has 4 rings (SSSR count). The number of anilines is 1. The number of nitrogens with zero attached hydrogens (tertiary/aromatic N) is 4. The van der Waals surface area contributed by atoms with Gasteiger partial charge in [0.1, 0.15) is 0 Å². The molecule has 1 aromatic carbocycles. The fraction of sp³-hybridized carbons (Fsp3) is 0.190. The van der Waals surface area contributed by atoms with Crippen molar-refractivity contribution in [3.63, 3.8) is 0 Å². The van der Waals surface area contributed by atoms with E-state index in [9.17, 15) is 4.79 Å². The summed E-state index contributed by atoms with van der Waals surface area (Å²) in [7, 11) is 0. The van der Waals surface area contributed by atoms with Crippen molar-refractivity contribution in [3.05, 3.63) is 82.8 Å². The first-order valence-corrected chi connectivity index (χ1v) is 12.3. The average Bonchev–Trinajstić information content (AvgIpc) is 3.40. The van der Waals surface area contributed by atoms with Gasteiger partial charge in [-0.1, -0.05) is 40.9 Å². The van der Waals surface area contributed by atoms with Crippen molar-refractivity contribution in [2.45, 2.75) is 26.9 Å². The van der Waals surface area contributed by atoms with Crippen molar-refractivity contribution in [2.24, 2.45) is 0 Å². The number of nitrogens with one attached hydrogen (secondary N) is 1. The number of thiophene rings is 1. The molecule has 0 fully saturated rings. The van der Waals surface area contributed by atoms with Gasteiger partial charge in [-0.25, -0.2) is 0 Å². The summed E-state index contributed by atoms with van der Waals surface area (Å²) < 4.78 is 4.20. The molecule has 0 aliphatic rings. The van der Waals surface area contributed by atoms with E-state index in [0.29, 0.717) is 43.3 Å². The molecule has 1 N–H and O–H groups in total. The molecule has 3 heterocycles. The maximum absolute atomic E-state index is 12.8. The van der Waals surface area contributed by atoms with Gasteiger partial charge in [0.25, 0.3) is 5.91 Å². The lowest BCUT2D eigenvalue weighted by Gasteiger charge is -2.05. The van der Waals surface area contributed by atoms with Gasteiger partial charge in [0.05, 0.1) is 38.8 Å². The SMILES string of the molecule is Cc1nn(Cc2csc(C(=O)Nc3nn(Cc4ccc(Cl)cc4Cl)cc3Br)c2)c(C)c1Cl. The summed E-state index contributed by atoms with van der Waals surface area (Å²) in [5.41, 5.74) is 3.54. The Bertz CT molecular complexity index is 1310. The zero-order valence-corrected chi connectivity index (χ0v) is 21.7. The highest BCUT2D eigenvalue weighted by Gasteiger charge is 2.16. The van der Waals surface area contributed by atoms with Crippen molar-refractivity contribution in [1.29, 1.82) is 0 Å². The number of carbonyl (C=O) groups is 1. The Balaban J connectivity index is 1.44. The predicted octanol–water partition coefficient (Wildman–Crippen LogP) is 6.83. The van der Waals surface area contributed by atoms with Gasteiger partial charge in [0.15, 0.2) is 5.82 Å². The molecule has 0 aliphatic heterocycles. The predicted molar refractivity (Wildman–Crippen MR) is 134 cm³/mol. The van der Waals surface area contributed by atoms with Gasteiger partial charge in [0, 0.05) is 16.2 Å². The van der Waals surface area contributed by atoms with E-state index in [-0.39, 0.29) is 5.91 Å². The van der Waals surface area contributed by atoms with Gasteiger partial charge in [-0.05, 0) is 64.5 Å². The van der Waals surface area contributed by atoms with Crippen LogP contribution in [0.1, 0.15) is 32.2 Å². The van der Waals surface area contributed by atoms with Gasteiger partial charge in [0.2, 0.25) is 0 Å². The van der Waals surface area contributed by atoms with E-state index in [0.717, 1.165) is 22.5 Å². The zero-order chi connectivity index (χ0) is 23.0. The number of amides is 1. The molecular formula is C21H17BrCl3N5OS. The minimum atomic E-state index is -0.233. The van der Waals surface area contributed by atoms with Crippen LogP contribution in [0.15, 0.2) is 40.3 Å². The maximum atomic E-state index is 12.8. The first-order valence-electron chi connectivity index (χ1n) is 9.46. The molecule has 0 saturated carbocycles. The topological polar surface area (TPSA) is 64.7 Å². The lowest BCUT2D eigenvalue weighted by atomic mass is 10.2. The van der Waals surface area contributed by atoms with E-state index in [1.165, 1.54) is 11.3 Å². The summed E-state index contributed by atoms with van der Waals surface area (Å²) in [5.74, 6) is 0.198. The van der Waals surface area contributed by atoms with E-state index in [1.54, 1.807) is 23.0 Å². The average molecular weight is 574 g/mol. The Hall–Kier alpha value is -1.84. The van der Waals surface area contributed by atoms with Crippen LogP contribution in [0.4, 0.5) is 5.82 Å². The number of aromatic nitrogens is 4. The highest BCUT2D eigenvalue weighted by atomic mass is 79.9. The molecule has 3 aromatic heterocycles. The molecule has 6 nitrogen and oxygen atoms in total. The number of halogens is 4. The maximum Gasteiger partial charge on any atom is 0.266 e. The fourth-order valence-electron chi connectivity index (χ4n) is 3.14. The lowest BCUT2D eigenvalue weighted by Crippen LogP contribution is -2.12. The Morgan fingerprint density at radius 3 is 2.62 bits per heavy atom. The van der Waals surface area contributed by atoms with E-state index in [1.807, 2.05) is 36.0 Å². The van der Waals surface area contributed by atoms with E-state index in [2.05, 4.69) is 31.4 Å². The largest absolute Gasteiger partial charge is 0.303 e. The molecule has 0 saturated heterocycles. The summed E-state index contributed by atoms with van der Waals surface area (Å²) in [5, 5.41) is 15.5. The second-order valence-electron chi connectivity index (χ2n) is 7.17. The number of hydrogen-bond donors (Lipinski definition) is 1. The van der Waals surface area contributed by atoms with E-state index < -0.39 is 0 Å². The highest BCUT2D eigenvalue weighted by molar-refractivity contribution is 9.10. The summed E-state index contributed by atoms with van der Waals surface area (Å²) in [4.78, 5) is 13.3. The Labute approximate surface area is 212 Å². The molecule has 4 aromatic rings. The van der Waals surface area contributed by atoms with E-state index >= 15 is 0 Å². The van der Waals surface area contributed by atoms with Crippen LogP contribution in [0.2, 0.25) is 15.1 Å². The number of hydrogen-bond acceptors (Lipinski definition) is 4. The van der Waals surface area contributed by atoms with Crippen LogP contribution in [0.5, 0.6) is 0 Å². The zero-order valence-electron chi connectivity index (χ0n) is 17.0. The summed E-state index contributed by atoms with van der Waals surface area (Å²) in [6, 6.07) is 7.16. The second kappa shape index (κ2) is 9.57. The standard InChI is InChI=1S/C21H17BrCl3N5OS/c1-11-19(25)12(2)30(27-11)7-13-5-18(32-10-13)21(31)26-20-16(22)9-29(28-20)8-14-3-4-15(23)6-17(14)24/h3-6,9-10H,7-8H2,1-2H3,(H,26,28,31). The quantitative estimate of drug-likeness (QED) is 0.275. The van der Waals surface area contributed by atoms with Crippen LogP contribution in [-0.2, 0) is 13.1 Å². The van der Waals surface area contributed by atoms with E-state index in [4.69, 9.17) is 34.8 Å². The van der Waals surface area contributed by atoms with Crippen LogP contribution in [0.25, 0.3) is 0 Å². The van der Waals surface area contributed by atoms with Crippen LogP contribution < -0.4 is 5.32 Å². The van der Waals surface area contributed by atoms with Gasteiger partial charge in [-0.2, -0.15) is 10.2 Å². The molecule has 0 bridgehead atoms. The molecule has 0 atom stereocenters. The minimum absolute atomic E-state index is 0.233. The summed E-state index contributed by atoms with van der Waals surface area (Å²) >= 11 is 23.3. The molecular weight excluding hydrogens is 557 g/mol. The first kappa shape index (κ1) is 23.3. The molecule has 166 valence electrons. The first-order chi connectivity index (χ1) is 15.2. The van der Waals surface area contributed by atoms with Gasteiger partial charge in [-0.15, -0.1) is 11.3 Å². The second-order valence-corrected chi connectivity index (χ2v) is 10.2. The molecule has 0 spiro atoms. The number of rotatable bonds is 6. The Morgan fingerprint density at radius 2 is 1.94 bits per heavy atom. The minimum Gasteiger partial charge on any atom is -0.303 e. The third-order valence-corrected chi connectivity index (χ3v) is 7.49. The number of carbonyl (C=O) groups excluding carboxylic acids is 1. The van der Waals surface area contributed by atoms with Crippen molar-refractivity contribution in [3.8, 4) is 0 Å². The fourth-order valence-corrected chi connectivity index (χ4v) is 4.95. The van der Waals surface area contributed by atoms with Crippen molar-refractivity contribution >= 4 is 73.8 Å². The van der Waals surface area contributed by atoms with Crippen molar-refractivity contribution in [1.82, 2.24) is 19.6 Å². The van der Waals surface area contributed by atoms with Crippen LogP contribution in [0.3, 0.4) is 0 Å². The molecule has 0 unspecified atom stereocenters. The molecule has 0 radical (unpaired) electrons. The van der Waals surface area contributed by atoms with Crippen molar-refractivity contribution in [2.75, 3.05) is 5.32 Å². The van der Waals surface area contributed by atoms with Crippen LogP contribution in [0, 0.1) is 13.8 Å². The third kappa shape index (κ3) is 5.05.